The molecule has 0 saturated heterocycles. The van der Waals surface area contributed by atoms with Crippen LogP contribution in [0.3, 0.4) is 0 Å². The van der Waals surface area contributed by atoms with E-state index in [2.05, 4.69) is 32.4 Å². The number of hydroxylamine groups is 1. The summed E-state index contributed by atoms with van der Waals surface area (Å²) in [5.41, 5.74) is 2.98. The van der Waals surface area contributed by atoms with E-state index in [1.54, 1.807) is 12.3 Å². The molecule has 1 unspecified atom stereocenters. The average Bonchev–Trinajstić information content (AvgIpc) is 3.46. The van der Waals surface area contributed by atoms with Crippen LogP contribution in [0.2, 0.25) is 0 Å². The summed E-state index contributed by atoms with van der Waals surface area (Å²) in [7, 11) is 0. The number of nitrogens with one attached hydrogen (secondary N) is 2. The van der Waals surface area contributed by atoms with Crippen LogP contribution in [0.25, 0.3) is 11.4 Å². The molecule has 7 heteroatoms. The maximum absolute atomic E-state index is 12.0. The van der Waals surface area contributed by atoms with Gasteiger partial charge < -0.3 is 10.5 Å². The number of aromatic nitrogens is 2. The van der Waals surface area contributed by atoms with Gasteiger partial charge in [0.2, 0.25) is 0 Å². The molecule has 2 N–H and O–H groups in total. The second kappa shape index (κ2) is 7.00. The molecule has 0 bridgehead atoms. The average molecular weight is 356 g/mol. The number of allylic oxidation sites excluding steroid dienone is 1. The Morgan fingerprint density at radius 3 is 2.74 bits per heavy atom. The molecule has 1 aliphatic carbocycles. The maximum Gasteiger partial charge on any atom is 0.194 e. The Balaban J connectivity index is 1.61. The quantitative estimate of drug-likeness (QED) is 0.640. The summed E-state index contributed by atoms with van der Waals surface area (Å²) in [6.07, 6.45) is 11.3. The van der Waals surface area contributed by atoms with E-state index in [4.69, 9.17) is 11.7 Å². The fourth-order valence-corrected chi connectivity index (χ4v) is 2.87. The Bertz CT molecular complexity index is 1020. The summed E-state index contributed by atoms with van der Waals surface area (Å²) < 4.78 is 0. The highest BCUT2D eigenvalue weighted by atomic mass is 16.5. The lowest BCUT2D eigenvalue weighted by atomic mass is 10.1. The van der Waals surface area contributed by atoms with Gasteiger partial charge in [0.25, 0.3) is 0 Å². The van der Waals surface area contributed by atoms with E-state index in [9.17, 15) is 5.21 Å². The van der Waals surface area contributed by atoms with Crippen molar-refractivity contribution in [1.29, 1.82) is 5.26 Å². The predicted molar refractivity (Wildman–Crippen MR) is 101 cm³/mol. The fourth-order valence-electron chi connectivity index (χ4n) is 2.87. The van der Waals surface area contributed by atoms with E-state index in [1.165, 1.54) is 0 Å². The highest BCUT2D eigenvalue weighted by Crippen LogP contribution is 2.34. The smallest absolute Gasteiger partial charge is 0.194 e. The zero-order chi connectivity index (χ0) is 18.8. The predicted octanol–water partition coefficient (Wildman–Crippen LogP) is 1.61. The lowest BCUT2D eigenvalue weighted by molar-refractivity contribution is -0.813. The van der Waals surface area contributed by atoms with Gasteiger partial charge in [-0.05, 0) is 18.4 Å². The van der Waals surface area contributed by atoms with Gasteiger partial charge in [0.1, 0.15) is 5.70 Å². The van der Waals surface area contributed by atoms with Crippen molar-refractivity contribution >= 4 is 11.7 Å². The number of anilines is 1. The molecule has 1 saturated carbocycles. The van der Waals surface area contributed by atoms with Crippen molar-refractivity contribution in [3.63, 3.8) is 0 Å². The van der Waals surface area contributed by atoms with Crippen LogP contribution < -0.4 is 10.5 Å². The number of nitrogens with zero attached hydrogens (tertiary/aromatic N) is 4. The Hall–Kier alpha value is -3.52. The molecule has 132 valence electrons. The SMILES string of the molecule is C#Cc1cnc(-c2ccc(CC#N)cc2)nc1NC1=N[NH+]([O-])C(C2CC2)=C1. The zero-order valence-corrected chi connectivity index (χ0v) is 14.4. The van der Waals surface area contributed by atoms with E-state index in [0.29, 0.717) is 35.4 Å². The van der Waals surface area contributed by atoms with E-state index < -0.39 is 0 Å². The summed E-state index contributed by atoms with van der Waals surface area (Å²) in [5.74, 6) is 4.26. The van der Waals surface area contributed by atoms with E-state index in [-0.39, 0.29) is 5.17 Å². The molecule has 0 spiro atoms. The second-order valence-corrected chi connectivity index (χ2v) is 6.43. The minimum Gasteiger partial charge on any atom is -0.601 e. The molecule has 1 fully saturated rings. The Labute approximate surface area is 156 Å². The number of hydrogen-bond donors (Lipinski definition) is 2. The first-order chi connectivity index (χ1) is 13.2. The van der Waals surface area contributed by atoms with Gasteiger partial charge in [-0.1, -0.05) is 35.3 Å². The summed E-state index contributed by atoms with van der Waals surface area (Å²) in [6.45, 7) is 0. The number of benzene rings is 1. The minimum atomic E-state index is -0.190. The number of rotatable bonds is 4. The number of terminal acetylenes is 1. The molecule has 0 amide bonds. The van der Waals surface area contributed by atoms with Crippen molar-refractivity contribution in [1.82, 2.24) is 9.97 Å². The molecular formula is C20H16N6O. The molecule has 0 radical (unpaired) electrons. The zero-order valence-electron chi connectivity index (χ0n) is 14.4. The molecule has 1 aromatic heterocycles. The van der Waals surface area contributed by atoms with Crippen LogP contribution in [0, 0.1) is 34.8 Å². The summed E-state index contributed by atoms with van der Waals surface area (Å²) in [4.78, 5) is 8.83. The van der Waals surface area contributed by atoms with Gasteiger partial charge in [-0.15, -0.1) is 6.42 Å². The standard InChI is InChI=1S/C20H16N6O/c1-2-14-12-22-19(16-5-3-13(4-6-16)9-10-21)24-20(14)23-18-11-17(15-7-8-15)26(27)25-18/h1,3-6,11-12,15,26H,7-9H2,(H,22,23,24,25). The first-order valence-corrected chi connectivity index (χ1v) is 8.59. The molecule has 1 aromatic carbocycles. The Morgan fingerprint density at radius 1 is 1.30 bits per heavy atom. The molecule has 2 heterocycles. The van der Waals surface area contributed by atoms with Crippen molar-refractivity contribution < 1.29 is 5.17 Å². The lowest BCUT2D eigenvalue weighted by Gasteiger charge is -2.12. The van der Waals surface area contributed by atoms with Crippen LogP contribution in [0.15, 0.2) is 47.3 Å². The van der Waals surface area contributed by atoms with Gasteiger partial charge in [0.05, 0.1) is 18.1 Å². The molecule has 1 aliphatic heterocycles. The van der Waals surface area contributed by atoms with E-state index in [1.807, 2.05) is 24.3 Å². The number of nitriles is 1. The third kappa shape index (κ3) is 3.56. The molecule has 2 aliphatic rings. The highest BCUT2D eigenvalue weighted by Gasteiger charge is 2.34. The van der Waals surface area contributed by atoms with Crippen molar-refractivity contribution in [2.24, 2.45) is 11.0 Å². The lowest BCUT2D eigenvalue weighted by Crippen LogP contribution is -2.99. The van der Waals surface area contributed by atoms with E-state index in [0.717, 1.165) is 29.7 Å². The number of amidine groups is 1. The molecule has 1 atom stereocenters. The van der Waals surface area contributed by atoms with Crippen molar-refractivity contribution in [2.75, 3.05) is 5.32 Å². The largest absolute Gasteiger partial charge is 0.601 e. The normalized spacial score (nSPS) is 18.3. The summed E-state index contributed by atoms with van der Waals surface area (Å²) >= 11 is 0. The number of quaternary nitrogens is 1. The molecular weight excluding hydrogens is 340 g/mol. The van der Waals surface area contributed by atoms with Crippen molar-refractivity contribution in [2.45, 2.75) is 19.3 Å². The topological polar surface area (TPSA) is 101 Å². The molecule has 27 heavy (non-hydrogen) atoms. The minimum absolute atomic E-state index is 0.190. The monoisotopic (exact) mass is 356 g/mol. The highest BCUT2D eigenvalue weighted by molar-refractivity contribution is 6.04. The third-order valence-electron chi connectivity index (χ3n) is 4.46. The van der Waals surface area contributed by atoms with E-state index >= 15 is 0 Å². The van der Waals surface area contributed by atoms with Crippen molar-refractivity contribution in [3.05, 3.63) is 58.6 Å². The van der Waals surface area contributed by atoms with Crippen LogP contribution >= 0.6 is 0 Å². The van der Waals surface area contributed by atoms with Crippen molar-refractivity contribution in [3.8, 4) is 29.8 Å². The van der Waals surface area contributed by atoms with Crippen LogP contribution in [0.1, 0.15) is 24.0 Å². The maximum atomic E-state index is 12.0. The first-order valence-electron chi connectivity index (χ1n) is 8.59. The van der Waals surface area contributed by atoms with Crippen LogP contribution in [0.4, 0.5) is 5.82 Å². The summed E-state index contributed by atoms with van der Waals surface area (Å²) in [6, 6.07) is 9.58. The van der Waals surface area contributed by atoms with Gasteiger partial charge in [0.15, 0.2) is 17.5 Å². The van der Waals surface area contributed by atoms with Gasteiger partial charge >= 0.3 is 0 Å². The van der Waals surface area contributed by atoms with Gasteiger partial charge in [-0.25, -0.2) is 15.1 Å². The fraction of sp³-hybridized carbons (Fsp3) is 0.200. The number of hydrogen-bond acceptors (Lipinski definition) is 6. The summed E-state index contributed by atoms with van der Waals surface area (Å²) in [5, 5.41) is 27.7. The second-order valence-electron chi connectivity index (χ2n) is 6.43. The molecule has 2 aromatic rings. The first kappa shape index (κ1) is 16.9. The van der Waals surface area contributed by atoms with Gasteiger partial charge in [0, 0.05) is 23.8 Å². The Kier molecular flexibility index (Phi) is 4.39. The third-order valence-corrected chi connectivity index (χ3v) is 4.46. The molecule has 4 rings (SSSR count). The van der Waals surface area contributed by atoms with Crippen LogP contribution in [-0.4, -0.2) is 15.8 Å². The van der Waals surface area contributed by atoms with Gasteiger partial charge in [-0.3, -0.25) is 0 Å². The van der Waals surface area contributed by atoms with Gasteiger partial charge in [-0.2, -0.15) is 5.26 Å². The van der Waals surface area contributed by atoms with Crippen LogP contribution in [0.5, 0.6) is 0 Å². The molecule has 7 nitrogen and oxygen atoms in total. The Morgan fingerprint density at radius 2 is 2.07 bits per heavy atom. The van der Waals surface area contributed by atoms with Crippen LogP contribution in [-0.2, 0) is 6.42 Å².